The third kappa shape index (κ3) is 5.86. The molecular weight excluding hydrogens is 478 g/mol. The molecule has 194 valence electrons. The topological polar surface area (TPSA) is 82.1 Å². The minimum Gasteiger partial charge on any atom is -0.493 e. The highest BCUT2D eigenvalue weighted by Gasteiger charge is 2.50. The third-order valence-corrected chi connectivity index (χ3v) is 7.39. The molecule has 0 saturated carbocycles. The van der Waals surface area contributed by atoms with Gasteiger partial charge in [0.2, 0.25) is 11.0 Å². The summed E-state index contributed by atoms with van der Waals surface area (Å²) in [5, 5.41) is -0.157. The van der Waals surface area contributed by atoms with Crippen molar-refractivity contribution in [3.63, 3.8) is 0 Å². The summed E-state index contributed by atoms with van der Waals surface area (Å²) in [6.45, 7) is 5.81. The molecule has 0 aliphatic carbocycles. The zero-order chi connectivity index (χ0) is 26.1. The van der Waals surface area contributed by atoms with Crippen molar-refractivity contribution in [2.45, 2.75) is 64.2 Å². The van der Waals surface area contributed by atoms with E-state index in [1.807, 2.05) is 30.3 Å². The molecule has 36 heavy (non-hydrogen) atoms. The number of carbonyl (C=O) groups excluding carboxylic acids is 3. The van der Waals surface area contributed by atoms with Crippen LogP contribution in [0.25, 0.3) is 0 Å². The largest absolute Gasteiger partial charge is 0.493 e. The molecular formula is C28H35NO6S. The molecule has 1 heterocycles. The number of rotatable bonds is 12. The van der Waals surface area contributed by atoms with E-state index in [-0.39, 0.29) is 24.2 Å². The van der Waals surface area contributed by atoms with Crippen molar-refractivity contribution in [1.29, 1.82) is 0 Å². The number of esters is 1. The third-order valence-electron chi connectivity index (χ3n) is 6.27. The van der Waals surface area contributed by atoms with E-state index in [2.05, 4.69) is 13.8 Å². The number of anilines is 2. The number of benzene rings is 2. The summed E-state index contributed by atoms with van der Waals surface area (Å²) < 4.78 is 16.2. The number of hydrogen-bond donors (Lipinski definition) is 0. The Labute approximate surface area is 217 Å². The molecule has 7 nitrogen and oxygen atoms in total. The molecule has 1 amide bonds. The van der Waals surface area contributed by atoms with Crippen LogP contribution in [0.4, 0.5) is 11.4 Å². The minimum atomic E-state index is -1.13. The van der Waals surface area contributed by atoms with Crippen LogP contribution < -0.4 is 14.4 Å². The average Bonchev–Trinajstić information content (AvgIpc) is 2.97. The first kappa shape index (κ1) is 27.6. The number of carbonyl (C=O) groups is 3. The van der Waals surface area contributed by atoms with Crippen LogP contribution in [0.5, 0.6) is 11.5 Å². The second-order valence-corrected chi connectivity index (χ2v) is 9.73. The van der Waals surface area contributed by atoms with Gasteiger partial charge in [-0.05, 0) is 43.7 Å². The van der Waals surface area contributed by atoms with Crippen LogP contribution in [0.2, 0.25) is 0 Å². The number of thioether (sulfide) groups is 1. The zero-order valence-electron chi connectivity index (χ0n) is 21.5. The molecule has 2 aromatic rings. The van der Waals surface area contributed by atoms with Crippen molar-refractivity contribution in [2.24, 2.45) is 5.41 Å². The SMILES string of the molecule is CCCCC1(CCCC)C(=O)Sc2cc(OCC(=O)OCC)c(OC)cc2N(c2ccccc2)C1=O. The van der Waals surface area contributed by atoms with E-state index in [0.29, 0.717) is 40.6 Å². The summed E-state index contributed by atoms with van der Waals surface area (Å²) >= 11 is 1.07. The molecule has 0 unspecified atom stereocenters. The molecule has 0 N–H and O–H groups in total. The van der Waals surface area contributed by atoms with Gasteiger partial charge in [-0.1, -0.05) is 57.7 Å². The molecule has 0 aromatic heterocycles. The van der Waals surface area contributed by atoms with E-state index >= 15 is 0 Å². The van der Waals surface area contributed by atoms with E-state index in [9.17, 15) is 14.4 Å². The van der Waals surface area contributed by atoms with Crippen molar-refractivity contribution in [2.75, 3.05) is 25.2 Å². The predicted octanol–water partition coefficient (Wildman–Crippen LogP) is 6.30. The lowest BCUT2D eigenvalue weighted by molar-refractivity contribution is -0.145. The number of unbranched alkanes of at least 4 members (excludes halogenated alkanes) is 2. The molecule has 8 heteroatoms. The van der Waals surface area contributed by atoms with Crippen LogP contribution in [-0.2, 0) is 19.1 Å². The minimum absolute atomic E-state index is 0.157. The van der Waals surface area contributed by atoms with Gasteiger partial charge in [0.1, 0.15) is 5.41 Å². The summed E-state index contributed by atoms with van der Waals surface area (Å²) in [6, 6.07) is 12.7. The Morgan fingerprint density at radius 1 is 0.972 bits per heavy atom. The van der Waals surface area contributed by atoms with Gasteiger partial charge in [-0.25, -0.2) is 4.79 Å². The molecule has 0 fully saturated rings. The lowest BCUT2D eigenvalue weighted by atomic mass is 9.77. The normalized spacial score (nSPS) is 14.7. The Morgan fingerprint density at radius 3 is 2.22 bits per heavy atom. The fraction of sp³-hybridized carbons (Fsp3) is 0.464. The van der Waals surface area contributed by atoms with Crippen molar-refractivity contribution >= 4 is 40.1 Å². The molecule has 2 aromatic carbocycles. The number of ether oxygens (including phenoxy) is 3. The molecule has 3 rings (SSSR count). The van der Waals surface area contributed by atoms with Crippen LogP contribution in [0, 0.1) is 5.41 Å². The summed E-state index contributed by atoms with van der Waals surface area (Å²) in [6.07, 6.45) is 4.31. The van der Waals surface area contributed by atoms with Gasteiger partial charge in [0.15, 0.2) is 18.1 Å². The Bertz CT molecular complexity index is 1060. The maximum Gasteiger partial charge on any atom is 0.344 e. The Morgan fingerprint density at radius 2 is 1.64 bits per heavy atom. The van der Waals surface area contributed by atoms with E-state index < -0.39 is 11.4 Å². The lowest BCUT2D eigenvalue weighted by Gasteiger charge is -2.34. The summed E-state index contributed by atoms with van der Waals surface area (Å²) in [4.78, 5) is 42.4. The zero-order valence-corrected chi connectivity index (χ0v) is 22.3. The number of methoxy groups -OCH3 is 1. The Kier molecular flexibility index (Phi) is 9.81. The van der Waals surface area contributed by atoms with Gasteiger partial charge < -0.3 is 14.2 Å². The van der Waals surface area contributed by atoms with Gasteiger partial charge in [-0.15, -0.1) is 0 Å². The summed E-state index contributed by atoms with van der Waals surface area (Å²) in [5.74, 6) is -0.0549. The Hall–Kier alpha value is -3.00. The predicted molar refractivity (Wildman–Crippen MR) is 141 cm³/mol. The van der Waals surface area contributed by atoms with Gasteiger partial charge in [-0.2, -0.15) is 0 Å². The highest BCUT2D eigenvalue weighted by atomic mass is 32.2. The first-order valence-electron chi connectivity index (χ1n) is 12.5. The van der Waals surface area contributed by atoms with Crippen LogP contribution in [0.3, 0.4) is 0 Å². The fourth-order valence-corrected chi connectivity index (χ4v) is 5.45. The highest BCUT2D eigenvalue weighted by molar-refractivity contribution is 8.14. The van der Waals surface area contributed by atoms with Gasteiger partial charge >= 0.3 is 5.97 Å². The number of para-hydroxylation sites is 1. The second kappa shape index (κ2) is 12.8. The van der Waals surface area contributed by atoms with E-state index in [1.54, 1.807) is 24.0 Å². The standard InChI is InChI=1S/C28H35NO6S/c1-5-8-15-28(16-9-6-2)26(31)29(20-13-11-10-12-14-20)21-17-22(33-4)23(18-24(21)36-27(28)32)35-19-25(30)34-7-3/h10-14,17-18H,5-9,15-16,19H2,1-4H3. The van der Waals surface area contributed by atoms with Crippen LogP contribution >= 0.6 is 11.8 Å². The van der Waals surface area contributed by atoms with Crippen molar-refractivity contribution in [3.05, 3.63) is 42.5 Å². The quantitative estimate of drug-likeness (QED) is 0.243. The van der Waals surface area contributed by atoms with Gasteiger partial charge in [0, 0.05) is 22.7 Å². The number of hydrogen-bond acceptors (Lipinski definition) is 7. The highest BCUT2D eigenvalue weighted by Crippen LogP contribution is 2.51. The van der Waals surface area contributed by atoms with E-state index in [1.165, 1.54) is 7.11 Å². The molecule has 0 atom stereocenters. The second-order valence-electron chi connectivity index (χ2n) is 8.72. The summed E-state index contributed by atoms with van der Waals surface area (Å²) in [5.41, 5.74) is 0.100. The monoisotopic (exact) mass is 513 g/mol. The van der Waals surface area contributed by atoms with Crippen LogP contribution in [-0.4, -0.2) is 37.3 Å². The maximum atomic E-state index is 14.4. The van der Waals surface area contributed by atoms with Gasteiger partial charge in [-0.3, -0.25) is 14.5 Å². The Balaban J connectivity index is 2.17. The molecule has 1 aliphatic rings. The molecule has 1 aliphatic heterocycles. The smallest absolute Gasteiger partial charge is 0.344 e. The van der Waals surface area contributed by atoms with Crippen LogP contribution in [0.1, 0.15) is 59.3 Å². The van der Waals surface area contributed by atoms with Crippen molar-refractivity contribution in [1.82, 2.24) is 0 Å². The summed E-state index contributed by atoms with van der Waals surface area (Å²) in [7, 11) is 1.50. The maximum absolute atomic E-state index is 14.4. The molecule has 0 saturated heterocycles. The number of nitrogens with zero attached hydrogens (tertiary/aromatic N) is 1. The van der Waals surface area contributed by atoms with Crippen molar-refractivity contribution in [3.8, 4) is 11.5 Å². The lowest BCUT2D eigenvalue weighted by Crippen LogP contribution is -2.45. The number of fused-ring (bicyclic) bond motifs is 1. The molecule has 0 bridgehead atoms. The van der Waals surface area contributed by atoms with E-state index in [0.717, 1.165) is 37.4 Å². The van der Waals surface area contributed by atoms with E-state index in [4.69, 9.17) is 14.2 Å². The van der Waals surface area contributed by atoms with Crippen LogP contribution in [0.15, 0.2) is 47.4 Å². The van der Waals surface area contributed by atoms with Gasteiger partial charge in [0.25, 0.3) is 0 Å². The molecule has 0 spiro atoms. The fourth-order valence-electron chi connectivity index (χ4n) is 4.34. The van der Waals surface area contributed by atoms with Crippen molar-refractivity contribution < 1.29 is 28.6 Å². The average molecular weight is 514 g/mol. The first-order valence-corrected chi connectivity index (χ1v) is 13.4. The first-order chi connectivity index (χ1) is 17.4. The number of amides is 1. The van der Waals surface area contributed by atoms with Gasteiger partial charge in [0.05, 0.1) is 19.4 Å². The molecule has 0 radical (unpaired) electrons.